The molecule has 0 amide bonds. The SMILES string of the molecule is c1ccc(-c2ccc(-c3ncn(C4CN5CCC4CC5)n3)s2)cc1. The highest BCUT2D eigenvalue weighted by Crippen LogP contribution is 2.36. The molecule has 2 aromatic heterocycles. The number of piperidine rings is 3. The quantitative estimate of drug-likeness (QED) is 0.726. The first-order valence-corrected chi connectivity index (χ1v) is 9.47. The number of hydrogen-bond acceptors (Lipinski definition) is 4. The van der Waals surface area contributed by atoms with Gasteiger partial charge in [0.1, 0.15) is 6.33 Å². The summed E-state index contributed by atoms with van der Waals surface area (Å²) in [5, 5.41) is 4.82. The van der Waals surface area contributed by atoms with E-state index in [9.17, 15) is 0 Å². The Morgan fingerprint density at radius 2 is 1.75 bits per heavy atom. The summed E-state index contributed by atoms with van der Waals surface area (Å²) in [6.45, 7) is 3.65. The molecule has 0 N–H and O–H groups in total. The molecule has 1 unspecified atom stereocenters. The van der Waals surface area contributed by atoms with Gasteiger partial charge in [0, 0.05) is 11.4 Å². The number of benzene rings is 1. The molecular weight excluding hydrogens is 316 g/mol. The molecule has 122 valence electrons. The van der Waals surface area contributed by atoms with Crippen LogP contribution in [0.1, 0.15) is 18.9 Å². The van der Waals surface area contributed by atoms with Gasteiger partial charge >= 0.3 is 0 Å². The van der Waals surface area contributed by atoms with Crippen molar-refractivity contribution in [2.45, 2.75) is 18.9 Å². The molecule has 5 heteroatoms. The molecule has 6 rings (SSSR count). The summed E-state index contributed by atoms with van der Waals surface area (Å²) in [6.07, 6.45) is 4.54. The molecule has 0 spiro atoms. The standard InChI is InChI=1S/C19H20N4S/c1-2-4-15(5-3-1)17-6-7-18(24-17)19-20-13-23(21-19)16-12-22-10-8-14(16)9-11-22/h1-7,13-14,16H,8-12H2. The van der Waals surface area contributed by atoms with Gasteiger partial charge in [-0.3, -0.25) is 0 Å². The van der Waals surface area contributed by atoms with Crippen molar-refractivity contribution in [3.05, 3.63) is 48.8 Å². The minimum absolute atomic E-state index is 0.502. The normalized spacial score (nSPS) is 25.9. The van der Waals surface area contributed by atoms with E-state index in [0.717, 1.165) is 23.2 Å². The lowest BCUT2D eigenvalue weighted by molar-refractivity contribution is 0.0512. The van der Waals surface area contributed by atoms with Crippen LogP contribution < -0.4 is 0 Å². The Labute approximate surface area is 145 Å². The van der Waals surface area contributed by atoms with Gasteiger partial charge in [-0.05, 0) is 49.5 Å². The van der Waals surface area contributed by atoms with Crippen molar-refractivity contribution in [2.75, 3.05) is 19.6 Å². The van der Waals surface area contributed by atoms with Crippen LogP contribution in [0.2, 0.25) is 0 Å². The topological polar surface area (TPSA) is 34.0 Å². The molecule has 3 aliphatic heterocycles. The van der Waals surface area contributed by atoms with Crippen LogP contribution in [0.25, 0.3) is 21.1 Å². The zero-order valence-electron chi connectivity index (χ0n) is 13.5. The monoisotopic (exact) mass is 336 g/mol. The number of fused-ring (bicyclic) bond motifs is 3. The van der Waals surface area contributed by atoms with Gasteiger partial charge in [-0.15, -0.1) is 16.4 Å². The number of thiophene rings is 1. The van der Waals surface area contributed by atoms with E-state index in [0.29, 0.717) is 6.04 Å². The van der Waals surface area contributed by atoms with Gasteiger partial charge in [0.2, 0.25) is 0 Å². The summed E-state index contributed by atoms with van der Waals surface area (Å²) in [5.41, 5.74) is 1.26. The number of rotatable bonds is 3. The molecule has 0 aliphatic carbocycles. The van der Waals surface area contributed by atoms with E-state index >= 15 is 0 Å². The van der Waals surface area contributed by atoms with Crippen LogP contribution in [0.15, 0.2) is 48.8 Å². The summed E-state index contributed by atoms with van der Waals surface area (Å²) in [5.74, 6) is 1.63. The van der Waals surface area contributed by atoms with Crippen molar-refractivity contribution in [1.29, 1.82) is 0 Å². The molecule has 24 heavy (non-hydrogen) atoms. The second-order valence-electron chi connectivity index (χ2n) is 6.78. The molecule has 3 saturated heterocycles. The van der Waals surface area contributed by atoms with E-state index in [1.54, 1.807) is 11.3 Å². The van der Waals surface area contributed by atoms with Crippen molar-refractivity contribution in [2.24, 2.45) is 5.92 Å². The summed E-state index contributed by atoms with van der Waals surface area (Å²) in [7, 11) is 0. The Balaban J connectivity index is 1.41. The number of hydrogen-bond donors (Lipinski definition) is 0. The fraction of sp³-hybridized carbons (Fsp3) is 0.368. The fourth-order valence-corrected chi connectivity index (χ4v) is 4.94. The highest BCUT2D eigenvalue weighted by atomic mass is 32.1. The van der Waals surface area contributed by atoms with Gasteiger partial charge in [0.15, 0.2) is 5.82 Å². The van der Waals surface area contributed by atoms with Crippen LogP contribution in [0.3, 0.4) is 0 Å². The third-order valence-electron chi connectivity index (χ3n) is 5.35. The van der Waals surface area contributed by atoms with Gasteiger partial charge in [-0.2, -0.15) is 0 Å². The Hall–Kier alpha value is -1.98. The van der Waals surface area contributed by atoms with Gasteiger partial charge in [-0.1, -0.05) is 30.3 Å². The van der Waals surface area contributed by atoms with Crippen molar-refractivity contribution in [3.63, 3.8) is 0 Å². The van der Waals surface area contributed by atoms with Gasteiger partial charge < -0.3 is 4.90 Å². The summed E-state index contributed by atoms with van der Waals surface area (Å²) >= 11 is 1.77. The van der Waals surface area contributed by atoms with Gasteiger partial charge in [0.25, 0.3) is 0 Å². The first kappa shape index (κ1) is 14.4. The van der Waals surface area contributed by atoms with Crippen molar-refractivity contribution in [3.8, 4) is 21.1 Å². The van der Waals surface area contributed by atoms with Crippen LogP contribution in [-0.4, -0.2) is 39.3 Å². The van der Waals surface area contributed by atoms with E-state index < -0.39 is 0 Å². The third kappa shape index (κ3) is 2.48. The Kier molecular flexibility index (Phi) is 3.49. The first-order chi connectivity index (χ1) is 11.9. The number of aromatic nitrogens is 3. The summed E-state index contributed by atoms with van der Waals surface area (Å²) < 4.78 is 2.12. The molecule has 0 radical (unpaired) electrons. The molecule has 5 heterocycles. The van der Waals surface area contributed by atoms with Crippen molar-refractivity contribution in [1.82, 2.24) is 19.7 Å². The largest absolute Gasteiger partial charge is 0.301 e. The maximum atomic E-state index is 4.82. The molecule has 3 aromatic rings. The van der Waals surface area contributed by atoms with Crippen LogP contribution in [0.5, 0.6) is 0 Å². The molecule has 1 aromatic carbocycles. The van der Waals surface area contributed by atoms with Gasteiger partial charge in [0.05, 0.1) is 10.9 Å². The lowest BCUT2D eigenvalue weighted by Gasteiger charge is -2.44. The summed E-state index contributed by atoms with van der Waals surface area (Å²) in [4.78, 5) is 9.57. The fourth-order valence-electron chi connectivity index (χ4n) is 4.00. The van der Waals surface area contributed by atoms with E-state index in [1.807, 2.05) is 6.33 Å². The second-order valence-corrected chi connectivity index (χ2v) is 7.87. The molecule has 0 saturated carbocycles. The maximum Gasteiger partial charge on any atom is 0.191 e. The molecule has 2 bridgehead atoms. The van der Waals surface area contributed by atoms with Crippen LogP contribution in [0.4, 0.5) is 0 Å². The first-order valence-electron chi connectivity index (χ1n) is 8.66. The molecule has 4 nitrogen and oxygen atoms in total. The van der Waals surface area contributed by atoms with E-state index in [2.05, 4.69) is 57.0 Å². The molecule has 1 atom stereocenters. The second kappa shape index (κ2) is 5.83. The average Bonchev–Trinajstić information content (AvgIpc) is 3.33. The van der Waals surface area contributed by atoms with Crippen molar-refractivity contribution >= 4 is 11.3 Å². The lowest BCUT2D eigenvalue weighted by atomic mass is 9.84. The summed E-state index contributed by atoms with van der Waals surface area (Å²) in [6, 6.07) is 15.3. The zero-order chi connectivity index (χ0) is 15.9. The lowest BCUT2D eigenvalue weighted by Crippen LogP contribution is -2.48. The zero-order valence-corrected chi connectivity index (χ0v) is 14.3. The third-order valence-corrected chi connectivity index (χ3v) is 6.48. The Morgan fingerprint density at radius 3 is 2.50 bits per heavy atom. The van der Waals surface area contributed by atoms with E-state index in [1.165, 1.54) is 36.4 Å². The van der Waals surface area contributed by atoms with E-state index in [-0.39, 0.29) is 0 Å². The van der Waals surface area contributed by atoms with E-state index in [4.69, 9.17) is 5.10 Å². The van der Waals surface area contributed by atoms with Crippen LogP contribution in [-0.2, 0) is 0 Å². The van der Waals surface area contributed by atoms with Crippen LogP contribution in [0, 0.1) is 5.92 Å². The van der Waals surface area contributed by atoms with Gasteiger partial charge in [-0.25, -0.2) is 9.67 Å². The number of nitrogens with zero attached hydrogens (tertiary/aromatic N) is 4. The Morgan fingerprint density at radius 1 is 0.958 bits per heavy atom. The maximum absolute atomic E-state index is 4.82. The smallest absolute Gasteiger partial charge is 0.191 e. The predicted molar refractivity (Wildman–Crippen MR) is 97.0 cm³/mol. The predicted octanol–water partition coefficient (Wildman–Crippen LogP) is 3.94. The highest BCUT2D eigenvalue weighted by molar-refractivity contribution is 7.18. The average molecular weight is 336 g/mol. The minimum Gasteiger partial charge on any atom is -0.301 e. The molecule has 3 aliphatic rings. The Bertz CT molecular complexity index is 830. The van der Waals surface area contributed by atoms with Crippen molar-refractivity contribution < 1.29 is 0 Å². The highest BCUT2D eigenvalue weighted by Gasteiger charge is 2.35. The molecule has 3 fully saturated rings. The minimum atomic E-state index is 0.502. The molecular formula is C19H20N4S. The van der Waals surface area contributed by atoms with Crippen LogP contribution >= 0.6 is 11.3 Å².